The Morgan fingerprint density at radius 1 is 0.932 bits per heavy atom. The first-order chi connectivity index (χ1) is 20.9. The van der Waals surface area contributed by atoms with Crippen LogP contribution < -0.4 is 15.4 Å². The second-order valence-electron chi connectivity index (χ2n) is 10.5. The predicted molar refractivity (Wildman–Crippen MR) is 165 cm³/mol. The van der Waals surface area contributed by atoms with Crippen molar-refractivity contribution in [1.82, 2.24) is 5.32 Å². The van der Waals surface area contributed by atoms with E-state index in [2.05, 4.69) is 10.6 Å². The SMILES string of the molecule is CCC(C)CNc1ccc(Oc2ccc(C(F)(F)F)cc2Cl)cc1C(=O)NC(Cc1ccc(-c2ccccc2)cc1)C(=O)O. The van der Waals surface area contributed by atoms with Crippen LogP contribution in [0, 0.1) is 5.92 Å². The number of carboxylic acids is 1. The van der Waals surface area contributed by atoms with E-state index in [1.54, 1.807) is 12.1 Å². The topological polar surface area (TPSA) is 87.7 Å². The van der Waals surface area contributed by atoms with Crippen molar-refractivity contribution < 1.29 is 32.6 Å². The lowest BCUT2D eigenvalue weighted by Gasteiger charge is -2.19. The van der Waals surface area contributed by atoms with E-state index in [1.165, 1.54) is 6.07 Å². The second kappa shape index (κ2) is 14.3. The molecule has 6 nitrogen and oxygen atoms in total. The molecular formula is C34H32ClF3N2O4. The molecular weight excluding hydrogens is 593 g/mol. The molecule has 0 radical (unpaired) electrons. The van der Waals surface area contributed by atoms with Crippen LogP contribution >= 0.6 is 11.6 Å². The van der Waals surface area contributed by atoms with Gasteiger partial charge in [0.05, 0.1) is 16.1 Å². The summed E-state index contributed by atoms with van der Waals surface area (Å²) in [6.45, 7) is 4.63. The third kappa shape index (κ3) is 8.54. The van der Waals surface area contributed by atoms with Crippen molar-refractivity contribution >= 4 is 29.2 Å². The Kier molecular flexibility index (Phi) is 10.5. The standard InChI is InChI=1S/C34H32ClF3N2O4/c1-3-21(2)20-39-29-15-14-26(44-31-16-13-25(18-28(31)35)34(36,37)38)19-27(29)32(41)40-30(33(42)43)17-22-9-11-24(12-10-22)23-7-5-4-6-8-23/h4-16,18-19,21,30,39H,3,17,20H2,1-2H3,(H,40,41)(H,42,43). The highest BCUT2D eigenvalue weighted by Gasteiger charge is 2.31. The normalized spacial score (nSPS) is 12.7. The Morgan fingerprint density at radius 2 is 1.61 bits per heavy atom. The summed E-state index contributed by atoms with van der Waals surface area (Å²) in [5.74, 6) is -1.47. The van der Waals surface area contributed by atoms with Crippen LogP contribution in [0.4, 0.5) is 18.9 Å². The number of ether oxygens (including phenoxy) is 1. The first kappa shape index (κ1) is 32.4. The largest absolute Gasteiger partial charge is 0.480 e. The Labute approximate surface area is 258 Å². The fourth-order valence-electron chi connectivity index (χ4n) is 4.38. The molecule has 4 aromatic rings. The van der Waals surface area contributed by atoms with Gasteiger partial charge in [-0.15, -0.1) is 0 Å². The minimum Gasteiger partial charge on any atom is -0.480 e. The molecule has 1 amide bonds. The number of amides is 1. The number of hydrogen-bond acceptors (Lipinski definition) is 4. The van der Waals surface area contributed by atoms with Crippen LogP contribution in [0.2, 0.25) is 5.02 Å². The number of hydrogen-bond donors (Lipinski definition) is 3. The molecule has 4 aromatic carbocycles. The zero-order chi connectivity index (χ0) is 31.9. The number of aliphatic carboxylic acids is 1. The molecule has 0 aromatic heterocycles. The fraction of sp³-hybridized carbons (Fsp3) is 0.235. The summed E-state index contributed by atoms with van der Waals surface area (Å²) in [7, 11) is 0. The fourth-order valence-corrected chi connectivity index (χ4v) is 4.60. The van der Waals surface area contributed by atoms with Gasteiger partial charge in [-0.25, -0.2) is 4.79 Å². The molecule has 3 N–H and O–H groups in total. The molecule has 0 saturated heterocycles. The molecule has 2 atom stereocenters. The number of benzene rings is 4. The van der Waals surface area contributed by atoms with Gasteiger partial charge in [0.1, 0.15) is 17.5 Å². The highest BCUT2D eigenvalue weighted by atomic mass is 35.5. The van der Waals surface area contributed by atoms with Crippen molar-refractivity contribution in [3.63, 3.8) is 0 Å². The molecule has 10 heteroatoms. The predicted octanol–water partition coefficient (Wildman–Crippen LogP) is 8.70. The average molecular weight is 625 g/mol. The van der Waals surface area contributed by atoms with Crippen molar-refractivity contribution in [3.05, 3.63) is 113 Å². The highest BCUT2D eigenvalue weighted by molar-refractivity contribution is 6.32. The quantitative estimate of drug-likeness (QED) is 0.147. The molecule has 0 aliphatic rings. The molecule has 0 bridgehead atoms. The molecule has 4 rings (SSSR count). The maximum atomic E-state index is 13.5. The Bertz CT molecular complexity index is 1590. The number of alkyl halides is 3. The van der Waals surface area contributed by atoms with Gasteiger partial charge >= 0.3 is 12.1 Å². The lowest BCUT2D eigenvalue weighted by Crippen LogP contribution is -2.42. The van der Waals surface area contributed by atoms with Gasteiger partial charge in [0.2, 0.25) is 0 Å². The van der Waals surface area contributed by atoms with E-state index in [4.69, 9.17) is 16.3 Å². The van der Waals surface area contributed by atoms with Gasteiger partial charge in [0, 0.05) is 18.7 Å². The van der Waals surface area contributed by atoms with Crippen molar-refractivity contribution in [2.75, 3.05) is 11.9 Å². The van der Waals surface area contributed by atoms with Crippen molar-refractivity contribution in [2.24, 2.45) is 5.92 Å². The molecule has 0 aliphatic carbocycles. The minimum atomic E-state index is -4.57. The smallest absolute Gasteiger partial charge is 0.416 e. The van der Waals surface area contributed by atoms with Gasteiger partial charge in [-0.3, -0.25) is 4.79 Å². The summed E-state index contributed by atoms with van der Waals surface area (Å²) in [5.41, 5.74) is 2.37. The second-order valence-corrected chi connectivity index (χ2v) is 10.9. The molecule has 0 fully saturated rings. The monoisotopic (exact) mass is 624 g/mol. The molecule has 0 aliphatic heterocycles. The number of nitrogens with one attached hydrogen (secondary N) is 2. The molecule has 44 heavy (non-hydrogen) atoms. The number of carbonyl (C=O) groups excluding carboxylic acids is 1. The van der Waals surface area contributed by atoms with Gasteiger partial charge in [0.25, 0.3) is 5.91 Å². The highest BCUT2D eigenvalue weighted by Crippen LogP contribution is 2.37. The zero-order valence-electron chi connectivity index (χ0n) is 24.1. The van der Waals surface area contributed by atoms with Gasteiger partial charge < -0.3 is 20.5 Å². The number of carbonyl (C=O) groups is 2. The van der Waals surface area contributed by atoms with Crippen LogP contribution in [0.15, 0.2) is 91.0 Å². The number of anilines is 1. The van der Waals surface area contributed by atoms with Crippen LogP contribution in [0.5, 0.6) is 11.5 Å². The van der Waals surface area contributed by atoms with E-state index in [0.717, 1.165) is 41.3 Å². The van der Waals surface area contributed by atoms with Crippen molar-refractivity contribution in [2.45, 2.75) is 38.9 Å². The van der Waals surface area contributed by atoms with E-state index in [0.29, 0.717) is 18.2 Å². The molecule has 0 heterocycles. The van der Waals surface area contributed by atoms with Crippen LogP contribution in [0.1, 0.15) is 41.8 Å². The maximum Gasteiger partial charge on any atom is 0.416 e. The summed E-state index contributed by atoms with van der Waals surface area (Å²) in [6.07, 6.45) is -3.63. The Hall–Kier alpha value is -4.50. The first-order valence-corrected chi connectivity index (χ1v) is 14.4. The molecule has 0 saturated carbocycles. The molecule has 2 unspecified atom stereocenters. The summed E-state index contributed by atoms with van der Waals surface area (Å²) in [5, 5.41) is 15.5. The zero-order valence-corrected chi connectivity index (χ0v) is 24.9. The van der Waals surface area contributed by atoms with Crippen LogP contribution in [-0.4, -0.2) is 29.6 Å². The number of halogens is 4. The van der Waals surface area contributed by atoms with Gasteiger partial charge in [0.15, 0.2) is 0 Å². The van der Waals surface area contributed by atoms with Crippen molar-refractivity contribution in [1.29, 1.82) is 0 Å². The lowest BCUT2D eigenvalue weighted by molar-refractivity contribution is -0.139. The summed E-state index contributed by atoms with van der Waals surface area (Å²) < 4.78 is 44.9. The number of rotatable bonds is 12. The lowest BCUT2D eigenvalue weighted by atomic mass is 10.0. The van der Waals surface area contributed by atoms with Crippen LogP contribution in [0.3, 0.4) is 0 Å². The van der Waals surface area contributed by atoms with E-state index in [-0.39, 0.29) is 28.5 Å². The third-order valence-electron chi connectivity index (χ3n) is 7.16. The Morgan fingerprint density at radius 3 is 2.23 bits per heavy atom. The van der Waals surface area contributed by atoms with Gasteiger partial charge in [-0.05, 0) is 59.0 Å². The summed E-state index contributed by atoms with van der Waals surface area (Å²) in [6, 6.07) is 23.2. The Balaban J connectivity index is 1.56. The van der Waals surface area contributed by atoms with E-state index in [1.807, 2.05) is 68.4 Å². The average Bonchev–Trinajstić information content (AvgIpc) is 3.01. The van der Waals surface area contributed by atoms with E-state index in [9.17, 15) is 27.9 Å². The van der Waals surface area contributed by atoms with Crippen LogP contribution in [0.25, 0.3) is 11.1 Å². The molecule has 230 valence electrons. The summed E-state index contributed by atoms with van der Waals surface area (Å²) in [4.78, 5) is 25.7. The van der Waals surface area contributed by atoms with Crippen LogP contribution in [-0.2, 0) is 17.4 Å². The molecule has 0 spiro atoms. The van der Waals surface area contributed by atoms with Gasteiger partial charge in [-0.2, -0.15) is 13.2 Å². The number of carboxylic acid groups (broad SMARTS) is 1. The minimum absolute atomic E-state index is 0.0336. The van der Waals surface area contributed by atoms with Crippen molar-refractivity contribution in [3.8, 4) is 22.6 Å². The summed E-state index contributed by atoms with van der Waals surface area (Å²) >= 11 is 6.06. The maximum absolute atomic E-state index is 13.5. The van der Waals surface area contributed by atoms with E-state index < -0.39 is 29.7 Å². The third-order valence-corrected chi connectivity index (χ3v) is 7.46. The first-order valence-electron chi connectivity index (χ1n) is 14.0. The van der Waals surface area contributed by atoms with E-state index >= 15 is 0 Å². The van der Waals surface area contributed by atoms with Gasteiger partial charge in [-0.1, -0.05) is 86.5 Å².